The molecule has 8 heteroatoms. The molecule has 1 saturated heterocycles. The zero-order chi connectivity index (χ0) is 21.6. The van der Waals surface area contributed by atoms with Crippen LogP contribution in [0.15, 0.2) is 52.3 Å². The minimum absolute atomic E-state index is 0. The summed E-state index contributed by atoms with van der Waals surface area (Å²) in [5.74, 6) is 0. The van der Waals surface area contributed by atoms with E-state index in [1.165, 1.54) is 15.5 Å². The van der Waals surface area contributed by atoms with Crippen molar-refractivity contribution in [3.05, 3.63) is 48.0 Å². The number of para-hydroxylation sites is 1. The van der Waals surface area contributed by atoms with Crippen molar-refractivity contribution in [1.29, 1.82) is 5.26 Å². The highest BCUT2D eigenvalue weighted by molar-refractivity contribution is 7.99. The number of benzene rings is 2. The minimum atomic E-state index is -0.686. The highest BCUT2D eigenvalue weighted by atomic mass is 35.5. The van der Waals surface area contributed by atoms with Crippen molar-refractivity contribution >= 4 is 35.5 Å². The van der Waals surface area contributed by atoms with E-state index < -0.39 is 6.29 Å². The SMILES string of the molecule is CC(O)OCCN1CCN(CCCN2c3ccccc3Sc3ccc(C#N)cc32)CC1.Cl. The summed E-state index contributed by atoms with van der Waals surface area (Å²) < 4.78 is 5.25. The predicted molar refractivity (Wildman–Crippen MR) is 131 cm³/mol. The van der Waals surface area contributed by atoms with Gasteiger partial charge in [-0.05, 0) is 50.2 Å². The summed E-state index contributed by atoms with van der Waals surface area (Å²) >= 11 is 1.78. The molecule has 1 atom stereocenters. The molecular weight excluding hydrogens is 444 g/mol. The molecule has 4 rings (SSSR count). The van der Waals surface area contributed by atoms with Gasteiger partial charge < -0.3 is 19.6 Å². The first kappa shape index (κ1) is 24.8. The van der Waals surface area contributed by atoms with Crippen LogP contribution < -0.4 is 4.90 Å². The number of rotatable bonds is 8. The summed E-state index contributed by atoms with van der Waals surface area (Å²) in [5, 5.41) is 18.6. The van der Waals surface area contributed by atoms with E-state index in [4.69, 9.17) is 4.74 Å². The van der Waals surface area contributed by atoms with Gasteiger partial charge in [0.1, 0.15) is 0 Å². The van der Waals surface area contributed by atoms with Crippen LogP contribution in [-0.2, 0) is 4.74 Å². The lowest BCUT2D eigenvalue weighted by molar-refractivity contribution is -0.0907. The summed E-state index contributed by atoms with van der Waals surface area (Å²) in [4.78, 5) is 9.80. The molecule has 0 aliphatic carbocycles. The van der Waals surface area contributed by atoms with Crippen molar-refractivity contribution in [3.8, 4) is 6.07 Å². The average Bonchev–Trinajstić information content (AvgIpc) is 2.79. The van der Waals surface area contributed by atoms with E-state index in [-0.39, 0.29) is 12.4 Å². The second-order valence-corrected chi connectivity index (χ2v) is 9.11. The van der Waals surface area contributed by atoms with Crippen LogP contribution in [0, 0.1) is 11.3 Å². The normalized spacial score (nSPS) is 17.1. The van der Waals surface area contributed by atoms with Gasteiger partial charge in [0.15, 0.2) is 6.29 Å². The first-order valence-corrected chi connectivity index (χ1v) is 11.8. The van der Waals surface area contributed by atoms with E-state index in [2.05, 4.69) is 51.1 Å². The molecule has 0 aromatic heterocycles. The Hall–Kier alpha value is -1.79. The number of aliphatic hydroxyl groups is 1. The molecular formula is C24H31ClN4O2S. The molecule has 0 spiro atoms. The Morgan fingerprint density at radius 3 is 2.41 bits per heavy atom. The molecule has 0 bridgehead atoms. The molecule has 1 fully saturated rings. The lowest BCUT2D eigenvalue weighted by atomic mass is 10.1. The maximum absolute atomic E-state index is 9.36. The molecule has 2 aliphatic heterocycles. The fourth-order valence-corrected chi connectivity index (χ4v) is 5.26. The van der Waals surface area contributed by atoms with Crippen LogP contribution in [0.25, 0.3) is 0 Å². The number of nitriles is 1. The van der Waals surface area contributed by atoms with Crippen LogP contribution in [0.3, 0.4) is 0 Å². The highest BCUT2D eigenvalue weighted by Crippen LogP contribution is 2.48. The number of ether oxygens (including phenoxy) is 1. The summed E-state index contributed by atoms with van der Waals surface area (Å²) in [6.07, 6.45) is 0.384. The van der Waals surface area contributed by atoms with Crippen molar-refractivity contribution in [1.82, 2.24) is 9.80 Å². The van der Waals surface area contributed by atoms with Crippen LogP contribution in [0.2, 0.25) is 0 Å². The third-order valence-corrected chi connectivity index (χ3v) is 6.97. The Labute approximate surface area is 201 Å². The molecule has 2 heterocycles. The van der Waals surface area contributed by atoms with E-state index in [1.807, 2.05) is 12.1 Å². The van der Waals surface area contributed by atoms with Crippen molar-refractivity contribution < 1.29 is 9.84 Å². The predicted octanol–water partition coefficient (Wildman–Crippen LogP) is 3.95. The van der Waals surface area contributed by atoms with Gasteiger partial charge in [-0.15, -0.1) is 12.4 Å². The van der Waals surface area contributed by atoms with Gasteiger partial charge in [-0.25, -0.2) is 0 Å². The van der Waals surface area contributed by atoms with Gasteiger partial charge in [0.05, 0.1) is 29.6 Å². The molecule has 1 unspecified atom stereocenters. The largest absolute Gasteiger partial charge is 0.368 e. The summed E-state index contributed by atoms with van der Waals surface area (Å²) in [5.41, 5.74) is 3.09. The number of fused-ring (bicyclic) bond motifs is 2. The molecule has 6 nitrogen and oxygen atoms in total. The van der Waals surface area contributed by atoms with Gasteiger partial charge in [0.2, 0.25) is 0 Å². The maximum atomic E-state index is 9.36. The Morgan fingerprint density at radius 1 is 1.00 bits per heavy atom. The van der Waals surface area contributed by atoms with E-state index in [1.54, 1.807) is 18.7 Å². The topological polar surface area (TPSA) is 63.0 Å². The Kier molecular flexibility index (Phi) is 9.23. The van der Waals surface area contributed by atoms with Gasteiger partial charge in [-0.3, -0.25) is 4.90 Å². The number of hydrogen-bond acceptors (Lipinski definition) is 7. The van der Waals surface area contributed by atoms with Gasteiger partial charge in [-0.2, -0.15) is 5.26 Å². The smallest absolute Gasteiger partial charge is 0.151 e. The standard InChI is InChI=1S/C24H30N4O2S.ClH/c1-19(29)30-16-15-27-13-11-26(12-14-27)9-4-10-28-21-5-2-3-6-23(21)31-24-8-7-20(18-25)17-22(24)28;/h2-3,5-8,17,19,29H,4,9-16H2,1H3;1H. The number of halogens is 1. The fraction of sp³-hybridized carbons (Fsp3) is 0.458. The second kappa shape index (κ2) is 11.9. The van der Waals surface area contributed by atoms with Crippen LogP contribution in [0.1, 0.15) is 18.9 Å². The van der Waals surface area contributed by atoms with Gasteiger partial charge in [0, 0.05) is 49.1 Å². The molecule has 0 saturated carbocycles. The van der Waals surface area contributed by atoms with E-state index >= 15 is 0 Å². The summed E-state index contributed by atoms with van der Waals surface area (Å²) in [6.45, 7) is 9.32. The quantitative estimate of drug-likeness (QED) is 0.581. The van der Waals surface area contributed by atoms with Crippen LogP contribution >= 0.6 is 24.2 Å². The minimum Gasteiger partial charge on any atom is -0.368 e. The Morgan fingerprint density at radius 2 is 1.69 bits per heavy atom. The van der Waals surface area contributed by atoms with Crippen LogP contribution in [0.5, 0.6) is 0 Å². The molecule has 1 N–H and O–H groups in total. The lowest BCUT2D eigenvalue weighted by Gasteiger charge is -2.36. The number of aliphatic hydroxyl groups excluding tert-OH is 1. The van der Waals surface area contributed by atoms with E-state index in [9.17, 15) is 10.4 Å². The van der Waals surface area contributed by atoms with Gasteiger partial charge in [-0.1, -0.05) is 23.9 Å². The number of anilines is 2. The molecule has 2 aliphatic rings. The number of nitrogens with zero attached hydrogens (tertiary/aromatic N) is 4. The maximum Gasteiger partial charge on any atom is 0.151 e. The van der Waals surface area contributed by atoms with Crippen molar-refractivity contribution in [2.45, 2.75) is 29.4 Å². The zero-order valence-electron chi connectivity index (χ0n) is 18.4. The molecule has 172 valence electrons. The van der Waals surface area contributed by atoms with Gasteiger partial charge >= 0.3 is 0 Å². The third-order valence-electron chi connectivity index (χ3n) is 5.84. The fourth-order valence-electron chi connectivity index (χ4n) is 4.18. The van der Waals surface area contributed by atoms with Gasteiger partial charge in [0.25, 0.3) is 0 Å². The van der Waals surface area contributed by atoms with E-state index in [0.717, 1.165) is 57.9 Å². The zero-order valence-corrected chi connectivity index (χ0v) is 20.1. The van der Waals surface area contributed by atoms with Crippen molar-refractivity contribution in [2.75, 3.05) is 57.3 Å². The molecule has 32 heavy (non-hydrogen) atoms. The molecule has 2 aromatic rings. The van der Waals surface area contributed by atoms with E-state index in [0.29, 0.717) is 12.2 Å². The van der Waals surface area contributed by atoms with Crippen LogP contribution in [0.4, 0.5) is 11.4 Å². The van der Waals surface area contributed by atoms with Crippen LogP contribution in [-0.4, -0.2) is 73.6 Å². The summed E-state index contributed by atoms with van der Waals surface area (Å²) in [6, 6.07) is 16.8. The Balaban J connectivity index is 0.00000289. The molecule has 0 radical (unpaired) electrons. The van der Waals surface area contributed by atoms with Crippen molar-refractivity contribution in [2.24, 2.45) is 0 Å². The number of hydrogen-bond donors (Lipinski definition) is 1. The number of piperazine rings is 1. The lowest BCUT2D eigenvalue weighted by Crippen LogP contribution is -2.47. The molecule has 2 aromatic carbocycles. The first-order valence-electron chi connectivity index (χ1n) is 11.0. The Bertz CT molecular complexity index is 928. The first-order chi connectivity index (χ1) is 15.1. The summed E-state index contributed by atoms with van der Waals surface area (Å²) in [7, 11) is 0. The monoisotopic (exact) mass is 474 g/mol. The average molecular weight is 475 g/mol. The van der Waals surface area contributed by atoms with Crippen molar-refractivity contribution in [3.63, 3.8) is 0 Å². The molecule has 0 amide bonds. The highest BCUT2D eigenvalue weighted by Gasteiger charge is 2.24. The third kappa shape index (κ3) is 6.16. The second-order valence-electron chi connectivity index (χ2n) is 8.02.